The minimum absolute atomic E-state index is 0.0795. The number of aromatic nitrogens is 1. The average Bonchev–Trinajstić information content (AvgIpc) is 2.76. The number of hydrogen-bond donors (Lipinski definition) is 2. The quantitative estimate of drug-likeness (QED) is 0.601. The number of nitrogens with one attached hydrogen (secondary N) is 1. The molecule has 1 aromatic heterocycles. The summed E-state index contributed by atoms with van der Waals surface area (Å²) >= 11 is 11.6. The molecule has 0 bridgehead atoms. The van der Waals surface area contributed by atoms with E-state index in [-0.39, 0.29) is 5.24 Å². The molecule has 2 heterocycles. The van der Waals surface area contributed by atoms with Crippen LogP contribution in [0.2, 0.25) is 10.2 Å². The molecule has 0 unspecified atom stereocenters. The first-order chi connectivity index (χ1) is 7.66. The molecular formula is C10H8Cl2N2OS. The molecule has 1 aliphatic rings. The van der Waals surface area contributed by atoms with E-state index in [1.807, 2.05) is 23.0 Å². The number of carbonyl (C=O) groups excluding carboxylic acids is 1. The van der Waals surface area contributed by atoms with Crippen LogP contribution in [0.4, 0.5) is 10.5 Å². The summed E-state index contributed by atoms with van der Waals surface area (Å²) in [6.45, 7) is 0. The molecule has 0 aliphatic carbocycles. The second-order valence-corrected chi connectivity index (χ2v) is 5.62. The van der Waals surface area contributed by atoms with Crippen molar-refractivity contribution in [3.63, 3.8) is 0 Å². The fourth-order valence-corrected chi connectivity index (χ4v) is 2.66. The van der Waals surface area contributed by atoms with Gasteiger partial charge in [0.25, 0.3) is 5.24 Å². The van der Waals surface area contributed by atoms with Crippen molar-refractivity contribution in [2.75, 3.05) is 5.32 Å². The van der Waals surface area contributed by atoms with Gasteiger partial charge < -0.3 is 5.32 Å². The molecule has 0 radical (unpaired) electrons. The molecule has 1 N–H and O–H groups in total. The van der Waals surface area contributed by atoms with Crippen LogP contribution in [0.15, 0.2) is 35.2 Å². The number of hydrogen-bond acceptors (Lipinski definition) is 2. The highest BCUT2D eigenvalue weighted by molar-refractivity contribution is 8.34. The van der Waals surface area contributed by atoms with Gasteiger partial charge in [-0.2, -0.15) is 0 Å². The van der Waals surface area contributed by atoms with E-state index in [0.717, 1.165) is 0 Å². The highest BCUT2D eigenvalue weighted by Crippen LogP contribution is 2.35. The van der Waals surface area contributed by atoms with Crippen LogP contribution in [0.3, 0.4) is 0 Å². The van der Waals surface area contributed by atoms with Crippen molar-refractivity contribution in [2.45, 2.75) is 0 Å². The zero-order valence-corrected chi connectivity index (χ0v) is 10.4. The summed E-state index contributed by atoms with van der Waals surface area (Å²) in [6.07, 6.45) is 5.12. The summed E-state index contributed by atoms with van der Waals surface area (Å²) in [5.41, 5.74) is 0.489. The molecule has 0 saturated heterocycles. The normalized spacial score (nSPS) is 15.5. The molecule has 16 heavy (non-hydrogen) atoms. The van der Waals surface area contributed by atoms with Crippen LogP contribution in [0.1, 0.15) is 0 Å². The third-order valence-electron chi connectivity index (χ3n) is 1.90. The first-order valence-electron chi connectivity index (χ1n) is 4.42. The Hall–Kier alpha value is -0.970. The van der Waals surface area contributed by atoms with Gasteiger partial charge in [-0.1, -0.05) is 35.4 Å². The van der Waals surface area contributed by atoms with Crippen LogP contribution in [0, 0.1) is 0 Å². The fourth-order valence-electron chi connectivity index (χ4n) is 1.16. The van der Waals surface area contributed by atoms with E-state index in [1.165, 1.54) is 12.3 Å². The van der Waals surface area contributed by atoms with E-state index < -0.39 is 10.9 Å². The summed E-state index contributed by atoms with van der Waals surface area (Å²) in [5.74, 6) is 0. The Morgan fingerprint density at radius 3 is 2.69 bits per heavy atom. The van der Waals surface area contributed by atoms with Crippen molar-refractivity contribution in [3.8, 4) is 0 Å². The van der Waals surface area contributed by atoms with Gasteiger partial charge in [0, 0.05) is 12.3 Å². The first-order valence-corrected chi connectivity index (χ1v) is 6.66. The Labute approximate surface area is 105 Å². The molecule has 2 rings (SSSR count). The second-order valence-electron chi connectivity index (χ2n) is 3.01. The standard InChI is InChI=1S/C10H8Cl2N2OS/c11-7-6-13-9(12)5-8(7)14-10(15)16-3-1-2-4-16/h1-6,16H,(H,13,14,15). The van der Waals surface area contributed by atoms with Gasteiger partial charge in [0.1, 0.15) is 5.15 Å². The average molecular weight is 275 g/mol. The Balaban J connectivity index is 2.14. The van der Waals surface area contributed by atoms with Gasteiger partial charge in [0.15, 0.2) is 0 Å². The van der Waals surface area contributed by atoms with Crippen LogP contribution in [0.25, 0.3) is 0 Å². The third kappa shape index (κ3) is 2.58. The summed E-state index contributed by atoms with van der Waals surface area (Å²) in [7, 11) is -0.885. The Bertz CT molecular complexity index is 476. The lowest BCUT2D eigenvalue weighted by Crippen LogP contribution is -2.07. The van der Waals surface area contributed by atoms with Crippen molar-refractivity contribution in [2.24, 2.45) is 0 Å². The van der Waals surface area contributed by atoms with Gasteiger partial charge in [-0.05, 0) is 10.8 Å². The van der Waals surface area contributed by atoms with Crippen LogP contribution in [0.5, 0.6) is 0 Å². The predicted octanol–water partition coefficient (Wildman–Crippen LogP) is 3.96. The number of halogens is 2. The Kier molecular flexibility index (Phi) is 3.53. The smallest absolute Gasteiger partial charge is 0.270 e. The number of nitrogens with zero attached hydrogens (tertiary/aromatic N) is 1. The van der Waals surface area contributed by atoms with Crippen molar-refractivity contribution >= 4 is 45.0 Å². The third-order valence-corrected chi connectivity index (χ3v) is 3.98. The van der Waals surface area contributed by atoms with Gasteiger partial charge in [0.05, 0.1) is 10.7 Å². The number of anilines is 1. The second kappa shape index (κ2) is 4.91. The highest BCUT2D eigenvalue weighted by atomic mass is 35.5. The Morgan fingerprint density at radius 1 is 1.31 bits per heavy atom. The molecule has 1 aliphatic heterocycles. The summed E-state index contributed by atoms with van der Waals surface area (Å²) in [6, 6.07) is 1.53. The van der Waals surface area contributed by atoms with Crippen molar-refractivity contribution in [3.05, 3.63) is 45.4 Å². The largest absolute Gasteiger partial charge is 0.316 e. The topological polar surface area (TPSA) is 42.0 Å². The number of pyridine rings is 1. The van der Waals surface area contributed by atoms with E-state index in [0.29, 0.717) is 15.9 Å². The predicted molar refractivity (Wildman–Crippen MR) is 70.5 cm³/mol. The number of thiol groups is 1. The van der Waals surface area contributed by atoms with Gasteiger partial charge in [0.2, 0.25) is 0 Å². The van der Waals surface area contributed by atoms with Crippen LogP contribution in [-0.4, -0.2) is 10.2 Å². The van der Waals surface area contributed by atoms with E-state index in [1.54, 1.807) is 0 Å². The first kappa shape index (κ1) is 11.5. The molecule has 84 valence electrons. The van der Waals surface area contributed by atoms with Gasteiger partial charge >= 0.3 is 0 Å². The molecule has 0 spiro atoms. The summed E-state index contributed by atoms with van der Waals surface area (Å²) in [5, 5.41) is 7.04. The SMILES string of the molecule is O=C(Nc1cc(Cl)ncc1Cl)[SH]1C=CC=C1. The molecule has 0 fully saturated rings. The maximum Gasteiger partial charge on any atom is 0.270 e. The molecule has 1 amide bonds. The maximum absolute atomic E-state index is 11.8. The minimum Gasteiger partial charge on any atom is -0.316 e. The molecule has 0 saturated carbocycles. The molecule has 0 aromatic carbocycles. The number of amides is 1. The number of allylic oxidation sites excluding steroid dienone is 2. The lowest BCUT2D eigenvalue weighted by Gasteiger charge is -2.11. The van der Waals surface area contributed by atoms with E-state index in [9.17, 15) is 4.79 Å². The highest BCUT2D eigenvalue weighted by Gasteiger charge is 2.12. The van der Waals surface area contributed by atoms with E-state index in [4.69, 9.17) is 23.2 Å². The lowest BCUT2D eigenvalue weighted by molar-refractivity contribution is 0.269. The molecular weight excluding hydrogens is 267 g/mol. The molecule has 6 heteroatoms. The van der Waals surface area contributed by atoms with Gasteiger partial charge in [-0.3, -0.25) is 4.79 Å². The number of rotatable bonds is 1. The van der Waals surface area contributed by atoms with E-state index >= 15 is 0 Å². The Morgan fingerprint density at radius 2 is 2.00 bits per heavy atom. The van der Waals surface area contributed by atoms with Crippen LogP contribution in [-0.2, 0) is 0 Å². The van der Waals surface area contributed by atoms with Crippen molar-refractivity contribution < 1.29 is 4.79 Å². The minimum atomic E-state index is -0.885. The molecule has 0 atom stereocenters. The fraction of sp³-hybridized carbons (Fsp3) is 0. The van der Waals surface area contributed by atoms with Crippen molar-refractivity contribution in [1.82, 2.24) is 4.98 Å². The monoisotopic (exact) mass is 274 g/mol. The van der Waals surface area contributed by atoms with Gasteiger partial charge in [-0.15, -0.1) is 10.9 Å². The van der Waals surface area contributed by atoms with Crippen LogP contribution >= 0.6 is 34.1 Å². The zero-order valence-electron chi connectivity index (χ0n) is 8.02. The van der Waals surface area contributed by atoms with Crippen LogP contribution < -0.4 is 5.32 Å². The van der Waals surface area contributed by atoms with Gasteiger partial charge in [-0.25, -0.2) is 4.98 Å². The summed E-state index contributed by atoms with van der Waals surface area (Å²) < 4.78 is 0. The lowest BCUT2D eigenvalue weighted by atomic mass is 10.4. The molecule has 3 nitrogen and oxygen atoms in total. The van der Waals surface area contributed by atoms with Crippen molar-refractivity contribution in [1.29, 1.82) is 0 Å². The zero-order chi connectivity index (χ0) is 11.5. The maximum atomic E-state index is 11.8. The number of carbonyl (C=O) groups is 1. The van der Waals surface area contributed by atoms with E-state index in [2.05, 4.69) is 10.3 Å². The summed E-state index contributed by atoms with van der Waals surface area (Å²) in [4.78, 5) is 15.6. The molecule has 1 aromatic rings.